The molecular weight excluding hydrogens is 246 g/mol. The Bertz CT molecular complexity index is 420. The SMILES string of the molecule is CC(O)CCNC(=O)C(NC(N)=O)c1ccccc1. The van der Waals surface area contributed by atoms with Gasteiger partial charge in [0.2, 0.25) is 5.91 Å². The van der Waals surface area contributed by atoms with Crippen molar-refractivity contribution in [1.29, 1.82) is 0 Å². The van der Waals surface area contributed by atoms with Crippen LogP contribution in [0.5, 0.6) is 0 Å². The highest BCUT2D eigenvalue weighted by molar-refractivity contribution is 5.87. The van der Waals surface area contributed by atoms with Gasteiger partial charge in [-0.05, 0) is 18.9 Å². The Hall–Kier alpha value is -2.08. The van der Waals surface area contributed by atoms with Crippen molar-refractivity contribution in [3.05, 3.63) is 35.9 Å². The summed E-state index contributed by atoms with van der Waals surface area (Å²) in [5, 5.41) is 14.2. The Kier molecular flexibility index (Phi) is 5.81. The van der Waals surface area contributed by atoms with E-state index < -0.39 is 18.2 Å². The molecule has 0 aliphatic rings. The molecule has 0 saturated carbocycles. The molecule has 19 heavy (non-hydrogen) atoms. The second-order valence-corrected chi connectivity index (χ2v) is 4.28. The number of urea groups is 1. The third-order valence-corrected chi connectivity index (χ3v) is 2.54. The Labute approximate surface area is 112 Å². The van der Waals surface area contributed by atoms with Crippen LogP contribution < -0.4 is 16.4 Å². The van der Waals surface area contributed by atoms with Crippen molar-refractivity contribution < 1.29 is 14.7 Å². The minimum absolute atomic E-state index is 0.334. The molecule has 3 amide bonds. The van der Waals surface area contributed by atoms with Crippen LogP contribution in [0, 0.1) is 0 Å². The molecule has 104 valence electrons. The molecule has 0 spiro atoms. The Balaban J connectivity index is 2.69. The molecule has 1 aromatic rings. The summed E-state index contributed by atoms with van der Waals surface area (Å²) in [7, 11) is 0. The smallest absolute Gasteiger partial charge is 0.313 e. The van der Waals surface area contributed by atoms with E-state index in [1.807, 2.05) is 6.07 Å². The summed E-state index contributed by atoms with van der Waals surface area (Å²) < 4.78 is 0. The van der Waals surface area contributed by atoms with Gasteiger partial charge in [-0.2, -0.15) is 0 Å². The standard InChI is InChI=1S/C13H19N3O3/c1-9(17)7-8-15-12(18)11(16-13(14)19)10-5-3-2-4-6-10/h2-6,9,11,17H,7-8H2,1H3,(H,15,18)(H3,14,16,19). The summed E-state index contributed by atoms with van der Waals surface area (Å²) in [5.41, 5.74) is 5.72. The second-order valence-electron chi connectivity index (χ2n) is 4.28. The van der Waals surface area contributed by atoms with Gasteiger partial charge >= 0.3 is 6.03 Å². The van der Waals surface area contributed by atoms with E-state index in [1.165, 1.54) is 0 Å². The van der Waals surface area contributed by atoms with Gasteiger partial charge in [0.25, 0.3) is 0 Å². The van der Waals surface area contributed by atoms with Gasteiger partial charge in [0.1, 0.15) is 6.04 Å². The van der Waals surface area contributed by atoms with Crippen molar-refractivity contribution in [2.24, 2.45) is 5.73 Å². The maximum atomic E-state index is 12.0. The maximum Gasteiger partial charge on any atom is 0.313 e. The van der Waals surface area contributed by atoms with Crippen LogP contribution in [0.4, 0.5) is 4.79 Å². The molecule has 0 aromatic heterocycles. The number of aliphatic hydroxyl groups excluding tert-OH is 1. The van der Waals surface area contributed by atoms with Crippen LogP contribution in [0.3, 0.4) is 0 Å². The fraction of sp³-hybridized carbons (Fsp3) is 0.385. The first-order valence-corrected chi connectivity index (χ1v) is 6.07. The number of rotatable bonds is 6. The lowest BCUT2D eigenvalue weighted by Gasteiger charge is -2.18. The maximum absolute atomic E-state index is 12.0. The van der Waals surface area contributed by atoms with Crippen LogP contribution in [0.1, 0.15) is 24.9 Å². The highest BCUT2D eigenvalue weighted by Crippen LogP contribution is 2.12. The van der Waals surface area contributed by atoms with Crippen LogP contribution in [-0.4, -0.2) is 29.7 Å². The molecule has 0 saturated heterocycles. The third kappa shape index (κ3) is 5.39. The molecule has 0 aliphatic carbocycles. The van der Waals surface area contributed by atoms with Crippen molar-refractivity contribution in [2.45, 2.75) is 25.5 Å². The minimum atomic E-state index is -0.826. The van der Waals surface area contributed by atoms with Crippen molar-refractivity contribution in [2.75, 3.05) is 6.54 Å². The Morgan fingerprint density at radius 1 is 1.32 bits per heavy atom. The molecule has 0 bridgehead atoms. The molecule has 2 atom stereocenters. The lowest BCUT2D eigenvalue weighted by atomic mass is 10.1. The molecule has 5 N–H and O–H groups in total. The molecule has 6 heteroatoms. The number of carbonyl (C=O) groups excluding carboxylic acids is 2. The summed E-state index contributed by atoms with van der Waals surface area (Å²) >= 11 is 0. The number of nitrogens with one attached hydrogen (secondary N) is 2. The molecule has 0 aliphatic heterocycles. The average Bonchev–Trinajstić information content (AvgIpc) is 2.36. The minimum Gasteiger partial charge on any atom is -0.393 e. The Morgan fingerprint density at radius 3 is 2.47 bits per heavy atom. The van der Waals surface area contributed by atoms with Crippen LogP contribution >= 0.6 is 0 Å². The number of nitrogens with two attached hydrogens (primary N) is 1. The van der Waals surface area contributed by atoms with E-state index in [-0.39, 0.29) is 5.91 Å². The van der Waals surface area contributed by atoms with Gasteiger partial charge in [0.05, 0.1) is 6.10 Å². The zero-order valence-electron chi connectivity index (χ0n) is 10.8. The molecule has 1 rings (SSSR count). The largest absolute Gasteiger partial charge is 0.393 e. The van der Waals surface area contributed by atoms with E-state index in [1.54, 1.807) is 31.2 Å². The summed E-state index contributed by atoms with van der Waals surface area (Å²) in [4.78, 5) is 23.0. The van der Waals surface area contributed by atoms with Gasteiger partial charge in [0, 0.05) is 6.54 Å². The van der Waals surface area contributed by atoms with E-state index in [4.69, 9.17) is 10.8 Å². The van der Waals surface area contributed by atoms with Gasteiger partial charge in [-0.15, -0.1) is 0 Å². The van der Waals surface area contributed by atoms with Gasteiger partial charge in [-0.1, -0.05) is 30.3 Å². The fourth-order valence-corrected chi connectivity index (χ4v) is 1.59. The van der Waals surface area contributed by atoms with Gasteiger partial charge in [-0.3, -0.25) is 4.79 Å². The van der Waals surface area contributed by atoms with Crippen LogP contribution in [0.15, 0.2) is 30.3 Å². The third-order valence-electron chi connectivity index (χ3n) is 2.54. The molecule has 6 nitrogen and oxygen atoms in total. The van der Waals surface area contributed by atoms with Gasteiger partial charge in [0.15, 0.2) is 0 Å². The zero-order valence-corrected chi connectivity index (χ0v) is 10.8. The van der Waals surface area contributed by atoms with Crippen molar-refractivity contribution >= 4 is 11.9 Å². The highest BCUT2D eigenvalue weighted by atomic mass is 16.3. The molecular formula is C13H19N3O3. The summed E-state index contributed by atoms with van der Waals surface area (Å²) in [6.45, 7) is 1.97. The normalized spacial score (nSPS) is 13.4. The number of hydrogen-bond acceptors (Lipinski definition) is 3. The first-order valence-electron chi connectivity index (χ1n) is 6.07. The van der Waals surface area contributed by atoms with Crippen LogP contribution in [0.2, 0.25) is 0 Å². The van der Waals surface area contributed by atoms with E-state index in [0.717, 1.165) is 0 Å². The Morgan fingerprint density at radius 2 is 1.95 bits per heavy atom. The number of aliphatic hydroxyl groups is 1. The van der Waals surface area contributed by atoms with E-state index in [0.29, 0.717) is 18.5 Å². The molecule has 0 heterocycles. The molecule has 0 radical (unpaired) electrons. The summed E-state index contributed by atoms with van der Waals surface area (Å²) in [6, 6.07) is 7.23. The predicted molar refractivity (Wildman–Crippen MR) is 71.2 cm³/mol. The fourth-order valence-electron chi connectivity index (χ4n) is 1.59. The quantitative estimate of drug-likeness (QED) is 0.594. The van der Waals surface area contributed by atoms with E-state index in [9.17, 15) is 9.59 Å². The molecule has 2 unspecified atom stereocenters. The summed E-state index contributed by atoms with van der Waals surface area (Å²) in [6.07, 6.45) is -0.0383. The number of benzene rings is 1. The van der Waals surface area contributed by atoms with Crippen LogP contribution in [0.25, 0.3) is 0 Å². The van der Waals surface area contributed by atoms with Crippen molar-refractivity contribution in [3.63, 3.8) is 0 Å². The van der Waals surface area contributed by atoms with Gasteiger partial charge < -0.3 is 21.5 Å². The molecule has 0 fully saturated rings. The van der Waals surface area contributed by atoms with Gasteiger partial charge in [-0.25, -0.2) is 4.79 Å². The van der Waals surface area contributed by atoms with Crippen LogP contribution in [-0.2, 0) is 4.79 Å². The lowest BCUT2D eigenvalue weighted by molar-refractivity contribution is -0.123. The summed E-state index contributed by atoms with van der Waals surface area (Å²) in [5.74, 6) is -0.356. The number of primary amides is 1. The average molecular weight is 265 g/mol. The lowest BCUT2D eigenvalue weighted by Crippen LogP contribution is -2.43. The van der Waals surface area contributed by atoms with Crippen molar-refractivity contribution in [3.8, 4) is 0 Å². The first-order chi connectivity index (χ1) is 9.00. The van der Waals surface area contributed by atoms with E-state index >= 15 is 0 Å². The topological polar surface area (TPSA) is 104 Å². The second kappa shape index (κ2) is 7.38. The van der Waals surface area contributed by atoms with Crippen molar-refractivity contribution in [1.82, 2.24) is 10.6 Å². The number of hydrogen-bond donors (Lipinski definition) is 4. The molecule has 1 aromatic carbocycles. The highest BCUT2D eigenvalue weighted by Gasteiger charge is 2.21. The first kappa shape index (κ1) is 15.0. The number of carbonyl (C=O) groups is 2. The monoisotopic (exact) mass is 265 g/mol. The zero-order chi connectivity index (χ0) is 14.3. The number of amides is 3. The van der Waals surface area contributed by atoms with E-state index in [2.05, 4.69) is 10.6 Å². The predicted octanol–water partition coefficient (Wildman–Crippen LogP) is 0.283.